The van der Waals surface area contributed by atoms with Gasteiger partial charge >= 0.3 is 5.97 Å². The molecule has 0 fully saturated rings. The summed E-state index contributed by atoms with van der Waals surface area (Å²) < 4.78 is 0. The second kappa shape index (κ2) is 5.42. The van der Waals surface area contributed by atoms with Crippen molar-refractivity contribution in [1.29, 1.82) is 0 Å². The highest BCUT2D eigenvalue weighted by molar-refractivity contribution is 5.72. The predicted molar refractivity (Wildman–Crippen MR) is 61.1 cm³/mol. The summed E-state index contributed by atoms with van der Waals surface area (Å²) in [7, 11) is 4.04. The Morgan fingerprint density at radius 1 is 1.00 bits per heavy atom. The zero-order chi connectivity index (χ0) is 13.9. The molecule has 1 rings (SSSR count). The lowest BCUT2D eigenvalue weighted by Gasteiger charge is -2.18. The van der Waals surface area contributed by atoms with Crippen LogP contribution in [0.25, 0.3) is 0 Å². The Balaban J connectivity index is 3.14. The lowest BCUT2D eigenvalue weighted by Crippen LogP contribution is -2.29. The van der Waals surface area contributed by atoms with Gasteiger partial charge in [0.1, 0.15) is 6.54 Å². The average Bonchev–Trinajstić information content (AvgIpc) is 2.27. The van der Waals surface area contributed by atoms with Gasteiger partial charge in [-0.15, -0.1) is 0 Å². The SMILES string of the molecule is CN(O)c1nc(N(C)O)nc(N(C)CC(=O)O)n1. The summed E-state index contributed by atoms with van der Waals surface area (Å²) in [6, 6.07) is 0. The van der Waals surface area contributed by atoms with E-state index in [9.17, 15) is 15.2 Å². The molecule has 0 aliphatic rings. The number of aromatic nitrogens is 3. The fourth-order valence-corrected chi connectivity index (χ4v) is 1.08. The van der Waals surface area contributed by atoms with Gasteiger partial charge in [-0.1, -0.05) is 0 Å². The standard InChI is InChI=1S/C8H14N6O4/c1-12(4-5(15)16)6-9-7(13(2)17)11-8(10-6)14(3)18/h17-18H,4H2,1-3H3,(H,15,16). The molecule has 0 saturated carbocycles. The average molecular weight is 258 g/mol. The predicted octanol–water partition coefficient (Wildman–Crippen LogP) is -0.957. The maximum atomic E-state index is 10.6. The summed E-state index contributed by atoms with van der Waals surface area (Å²) in [5, 5.41) is 28.5. The molecule has 100 valence electrons. The molecule has 0 spiro atoms. The van der Waals surface area contributed by atoms with Crippen LogP contribution in [0, 0.1) is 0 Å². The lowest BCUT2D eigenvalue weighted by molar-refractivity contribution is -0.135. The molecular weight excluding hydrogens is 244 g/mol. The molecule has 0 aromatic carbocycles. The molecule has 0 bridgehead atoms. The molecule has 3 N–H and O–H groups in total. The van der Waals surface area contributed by atoms with Crippen molar-refractivity contribution in [2.75, 3.05) is 42.7 Å². The molecule has 10 nitrogen and oxygen atoms in total. The first-order valence-electron chi connectivity index (χ1n) is 4.85. The van der Waals surface area contributed by atoms with Crippen molar-refractivity contribution in [2.24, 2.45) is 0 Å². The molecule has 0 aliphatic heterocycles. The third-order valence-corrected chi connectivity index (χ3v) is 1.89. The van der Waals surface area contributed by atoms with E-state index in [1.807, 2.05) is 0 Å². The summed E-state index contributed by atoms with van der Waals surface area (Å²) >= 11 is 0. The van der Waals surface area contributed by atoms with Crippen LogP contribution < -0.4 is 15.0 Å². The van der Waals surface area contributed by atoms with E-state index in [-0.39, 0.29) is 24.4 Å². The van der Waals surface area contributed by atoms with Gasteiger partial charge in [0.05, 0.1) is 0 Å². The molecule has 0 unspecified atom stereocenters. The summed E-state index contributed by atoms with van der Waals surface area (Å²) in [5.41, 5.74) is 0. The number of hydroxylamine groups is 2. The molecular formula is C8H14N6O4. The van der Waals surface area contributed by atoms with E-state index >= 15 is 0 Å². The van der Waals surface area contributed by atoms with Crippen LogP contribution in [-0.2, 0) is 4.79 Å². The van der Waals surface area contributed by atoms with Crippen LogP contribution in [0.1, 0.15) is 0 Å². The molecule has 1 aromatic heterocycles. The minimum absolute atomic E-state index is 0.0131. The number of hydrogen-bond acceptors (Lipinski definition) is 9. The number of nitrogens with zero attached hydrogens (tertiary/aromatic N) is 6. The first-order valence-corrected chi connectivity index (χ1v) is 4.85. The van der Waals surface area contributed by atoms with E-state index in [4.69, 9.17) is 5.11 Å². The zero-order valence-corrected chi connectivity index (χ0v) is 10.1. The maximum Gasteiger partial charge on any atom is 0.323 e. The Morgan fingerprint density at radius 3 is 1.72 bits per heavy atom. The minimum Gasteiger partial charge on any atom is -0.480 e. The molecule has 0 atom stereocenters. The fraction of sp³-hybridized carbons (Fsp3) is 0.500. The van der Waals surface area contributed by atoms with Gasteiger partial charge in [0, 0.05) is 21.1 Å². The van der Waals surface area contributed by atoms with Crippen molar-refractivity contribution >= 4 is 23.8 Å². The largest absolute Gasteiger partial charge is 0.480 e. The second-order valence-electron chi connectivity index (χ2n) is 3.53. The number of anilines is 3. The lowest BCUT2D eigenvalue weighted by atomic mass is 10.6. The minimum atomic E-state index is -1.06. The van der Waals surface area contributed by atoms with Gasteiger partial charge < -0.3 is 10.0 Å². The Kier molecular flexibility index (Phi) is 4.18. The Bertz CT molecular complexity index is 411. The van der Waals surface area contributed by atoms with Gasteiger partial charge in [-0.25, -0.2) is 10.1 Å². The van der Waals surface area contributed by atoms with Crippen LogP contribution in [0.5, 0.6) is 0 Å². The molecule has 0 saturated heterocycles. The van der Waals surface area contributed by atoms with E-state index < -0.39 is 5.97 Å². The molecule has 0 radical (unpaired) electrons. The summed E-state index contributed by atoms with van der Waals surface area (Å²) in [5.74, 6) is -1.28. The first-order chi connectivity index (χ1) is 8.31. The van der Waals surface area contributed by atoms with E-state index in [1.165, 1.54) is 26.0 Å². The molecule has 18 heavy (non-hydrogen) atoms. The number of hydrogen-bond donors (Lipinski definition) is 3. The molecule has 1 heterocycles. The Hall–Kier alpha value is -2.20. The van der Waals surface area contributed by atoms with Gasteiger partial charge in [-0.3, -0.25) is 15.2 Å². The van der Waals surface area contributed by atoms with Crippen LogP contribution in [0.2, 0.25) is 0 Å². The van der Waals surface area contributed by atoms with Crippen LogP contribution in [0.4, 0.5) is 17.8 Å². The number of carboxylic acids is 1. The van der Waals surface area contributed by atoms with Gasteiger partial charge in [0.15, 0.2) is 0 Å². The van der Waals surface area contributed by atoms with Gasteiger partial charge in [-0.2, -0.15) is 15.0 Å². The van der Waals surface area contributed by atoms with Crippen molar-refractivity contribution < 1.29 is 20.3 Å². The molecule has 0 amide bonds. The van der Waals surface area contributed by atoms with E-state index in [0.717, 1.165) is 0 Å². The topological polar surface area (TPSA) is 126 Å². The van der Waals surface area contributed by atoms with E-state index in [2.05, 4.69) is 15.0 Å². The third kappa shape index (κ3) is 3.40. The quantitative estimate of drug-likeness (QED) is 0.568. The maximum absolute atomic E-state index is 10.6. The van der Waals surface area contributed by atoms with Crippen molar-refractivity contribution in [2.45, 2.75) is 0 Å². The zero-order valence-electron chi connectivity index (χ0n) is 10.1. The molecule has 0 aliphatic carbocycles. The highest BCUT2D eigenvalue weighted by atomic mass is 16.5. The fourth-order valence-electron chi connectivity index (χ4n) is 1.08. The summed E-state index contributed by atoms with van der Waals surface area (Å²) in [4.78, 5) is 23.3. The number of aliphatic carboxylic acids is 1. The molecule has 1 aromatic rings. The van der Waals surface area contributed by atoms with Gasteiger partial charge in [-0.05, 0) is 0 Å². The van der Waals surface area contributed by atoms with Crippen LogP contribution in [0.3, 0.4) is 0 Å². The Morgan fingerprint density at radius 2 is 1.39 bits per heavy atom. The monoisotopic (exact) mass is 258 g/mol. The van der Waals surface area contributed by atoms with Gasteiger partial charge in [0.25, 0.3) is 11.9 Å². The van der Waals surface area contributed by atoms with E-state index in [1.54, 1.807) is 0 Å². The van der Waals surface area contributed by atoms with Crippen LogP contribution in [0.15, 0.2) is 0 Å². The van der Waals surface area contributed by atoms with E-state index in [0.29, 0.717) is 10.1 Å². The summed E-state index contributed by atoms with van der Waals surface area (Å²) in [6.07, 6.45) is 0. The number of carboxylic acid groups (broad SMARTS) is 1. The normalized spacial score (nSPS) is 10.1. The number of rotatable bonds is 5. The highest BCUT2D eigenvalue weighted by Gasteiger charge is 2.15. The summed E-state index contributed by atoms with van der Waals surface area (Å²) in [6.45, 7) is -0.326. The highest BCUT2D eigenvalue weighted by Crippen LogP contribution is 2.15. The van der Waals surface area contributed by atoms with Crippen molar-refractivity contribution in [1.82, 2.24) is 15.0 Å². The number of carbonyl (C=O) groups is 1. The first kappa shape index (κ1) is 13.9. The Labute approximate surface area is 103 Å². The third-order valence-electron chi connectivity index (χ3n) is 1.89. The van der Waals surface area contributed by atoms with Crippen molar-refractivity contribution in [3.05, 3.63) is 0 Å². The van der Waals surface area contributed by atoms with Gasteiger partial charge in [0.2, 0.25) is 5.95 Å². The smallest absolute Gasteiger partial charge is 0.323 e. The van der Waals surface area contributed by atoms with Crippen molar-refractivity contribution in [3.63, 3.8) is 0 Å². The van der Waals surface area contributed by atoms with Crippen LogP contribution in [-0.4, -0.2) is 64.1 Å². The van der Waals surface area contributed by atoms with Crippen molar-refractivity contribution in [3.8, 4) is 0 Å². The molecule has 10 heteroatoms. The second-order valence-corrected chi connectivity index (χ2v) is 3.53. The van der Waals surface area contributed by atoms with Crippen LogP contribution >= 0.6 is 0 Å². The number of likely N-dealkylation sites (N-methyl/N-ethyl adjacent to an activating group) is 1.